The standard InChI is InChI=1S/C15H15BrN2O3/c1-2-21-15(20)13(17)14(19)18-12-8-7-11(16)9-5-3-4-6-10(9)12/h3-8,13H,2,17H2,1H3,(H,18,19). The second kappa shape index (κ2) is 6.69. The van der Waals surface area contributed by atoms with Crippen molar-refractivity contribution in [1.29, 1.82) is 0 Å². The SMILES string of the molecule is CCOC(=O)C(N)C(=O)Nc1ccc(Br)c2ccccc12. The summed E-state index contributed by atoms with van der Waals surface area (Å²) in [5.74, 6) is -1.34. The minimum atomic E-state index is -1.34. The van der Waals surface area contributed by atoms with Crippen LogP contribution in [0.25, 0.3) is 10.8 Å². The molecule has 3 N–H and O–H groups in total. The summed E-state index contributed by atoms with van der Waals surface area (Å²) in [6.07, 6.45) is 0. The zero-order valence-electron chi connectivity index (χ0n) is 11.4. The Kier molecular flexibility index (Phi) is 4.93. The summed E-state index contributed by atoms with van der Waals surface area (Å²) in [6.45, 7) is 1.84. The molecule has 2 aromatic rings. The molecule has 0 bridgehead atoms. The Morgan fingerprint density at radius 3 is 2.57 bits per heavy atom. The van der Waals surface area contributed by atoms with Crippen LogP contribution in [0.3, 0.4) is 0 Å². The Morgan fingerprint density at radius 2 is 1.90 bits per heavy atom. The highest BCUT2D eigenvalue weighted by Crippen LogP contribution is 2.29. The summed E-state index contributed by atoms with van der Waals surface area (Å²) >= 11 is 3.46. The van der Waals surface area contributed by atoms with Crippen molar-refractivity contribution in [3.8, 4) is 0 Å². The lowest BCUT2D eigenvalue weighted by atomic mass is 10.1. The highest BCUT2D eigenvalue weighted by atomic mass is 79.9. The number of nitrogens with one attached hydrogen (secondary N) is 1. The largest absolute Gasteiger partial charge is 0.464 e. The van der Waals surface area contributed by atoms with E-state index in [1.807, 2.05) is 30.3 Å². The van der Waals surface area contributed by atoms with E-state index in [0.717, 1.165) is 15.2 Å². The first kappa shape index (κ1) is 15.5. The van der Waals surface area contributed by atoms with Crippen LogP contribution in [-0.4, -0.2) is 24.5 Å². The quantitative estimate of drug-likeness (QED) is 0.655. The van der Waals surface area contributed by atoms with Crippen LogP contribution < -0.4 is 11.1 Å². The minimum absolute atomic E-state index is 0.182. The van der Waals surface area contributed by atoms with Crippen molar-refractivity contribution in [2.24, 2.45) is 5.73 Å². The van der Waals surface area contributed by atoms with E-state index in [2.05, 4.69) is 21.2 Å². The molecule has 0 spiro atoms. The van der Waals surface area contributed by atoms with Gasteiger partial charge in [0.25, 0.3) is 5.91 Å². The van der Waals surface area contributed by atoms with Gasteiger partial charge < -0.3 is 15.8 Å². The van der Waals surface area contributed by atoms with Crippen LogP contribution in [0.2, 0.25) is 0 Å². The topological polar surface area (TPSA) is 81.4 Å². The number of anilines is 1. The molecule has 1 atom stereocenters. The molecule has 0 saturated carbocycles. The van der Waals surface area contributed by atoms with E-state index in [0.29, 0.717) is 5.69 Å². The van der Waals surface area contributed by atoms with Gasteiger partial charge in [0.15, 0.2) is 6.04 Å². The van der Waals surface area contributed by atoms with E-state index in [9.17, 15) is 9.59 Å². The van der Waals surface area contributed by atoms with Gasteiger partial charge in [-0.2, -0.15) is 0 Å². The maximum Gasteiger partial charge on any atom is 0.332 e. The van der Waals surface area contributed by atoms with Gasteiger partial charge in [-0.25, -0.2) is 4.79 Å². The van der Waals surface area contributed by atoms with Gasteiger partial charge in [-0.3, -0.25) is 4.79 Å². The zero-order valence-corrected chi connectivity index (χ0v) is 13.0. The second-order valence-corrected chi connectivity index (χ2v) is 5.21. The molecule has 21 heavy (non-hydrogen) atoms. The Labute approximate surface area is 130 Å². The van der Waals surface area contributed by atoms with Crippen molar-refractivity contribution in [1.82, 2.24) is 0 Å². The van der Waals surface area contributed by atoms with Crippen molar-refractivity contribution >= 4 is 44.3 Å². The number of carbonyl (C=O) groups is 2. The number of fused-ring (bicyclic) bond motifs is 1. The molecule has 2 aromatic carbocycles. The van der Waals surface area contributed by atoms with Gasteiger partial charge in [-0.05, 0) is 24.4 Å². The number of rotatable bonds is 4. The van der Waals surface area contributed by atoms with Gasteiger partial charge in [0.1, 0.15) is 0 Å². The molecule has 0 radical (unpaired) electrons. The predicted molar refractivity (Wildman–Crippen MR) is 84.9 cm³/mol. The van der Waals surface area contributed by atoms with Crippen molar-refractivity contribution < 1.29 is 14.3 Å². The molecule has 0 saturated heterocycles. The van der Waals surface area contributed by atoms with Gasteiger partial charge in [0, 0.05) is 15.5 Å². The third-order valence-electron chi connectivity index (χ3n) is 2.95. The van der Waals surface area contributed by atoms with Crippen LogP contribution in [-0.2, 0) is 14.3 Å². The Hall–Kier alpha value is -1.92. The van der Waals surface area contributed by atoms with Crippen molar-refractivity contribution in [2.75, 3.05) is 11.9 Å². The smallest absolute Gasteiger partial charge is 0.332 e. The van der Waals surface area contributed by atoms with Gasteiger partial charge in [0.05, 0.1) is 6.61 Å². The van der Waals surface area contributed by atoms with Crippen LogP contribution >= 0.6 is 15.9 Å². The first-order chi connectivity index (χ1) is 10.0. The number of nitrogens with two attached hydrogens (primary N) is 1. The van der Waals surface area contributed by atoms with Crippen molar-refractivity contribution in [3.05, 3.63) is 40.9 Å². The van der Waals surface area contributed by atoms with Gasteiger partial charge in [0.2, 0.25) is 0 Å². The summed E-state index contributed by atoms with van der Waals surface area (Å²) < 4.78 is 5.66. The number of esters is 1. The molecule has 5 nitrogen and oxygen atoms in total. The van der Waals surface area contributed by atoms with Crippen LogP contribution in [0.15, 0.2) is 40.9 Å². The summed E-state index contributed by atoms with van der Waals surface area (Å²) in [5, 5.41) is 4.48. The van der Waals surface area contributed by atoms with E-state index < -0.39 is 17.9 Å². The molecule has 110 valence electrons. The average Bonchev–Trinajstić information content (AvgIpc) is 2.49. The van der Waals surface area contributed by atoms with Gasteiger partial charge in [-0.1, -0.05) is 40.2 Å². The molecule has 1 amide bonds. The number of halogens is 1. The number of hydrogen-bond donors (Lipinski definition) is 2. The van der Waals surface area contributed by atoms with Crippen LogP contribution in [0.1, 0.15) is 6.92 Å². The fraction of sp³-hybridized carbons (Fsp3) is 0.200. The fourth-order valence-electron chi connectivity index (χ4n) is 1.92. The zero-order chi connectivity index (χ0) is 15.4. The maximum atomic E-state index is 12.0. The van der Waals surface area contributed by atoms with E-state index >= 15 is 0 Å². The minimum Gasteiger partial charge on any atom is -0.464 e. The maximum absolute atomic E-state index is 12.0. The normalized spacial score (nSPS) is 12.0. The number of ether oxygens (including phenoxy) is 1. The molecule has 1 unspecified atom stereocenters. The molecule has 0 aliphatic heterocycles. The summed E-state index contributed by atoms with van der Waals surface area (Å²) in [4.78, 5) is 23.5. The van der Waals surface area contributed by atoms with E-state index in [4.69, 9.17) is 10.5 Å². The number of hydrogen-bond acceptors (Lipinski definition) is 4. The van der Waals surface area contributed by atoms with E-state index in [-0.39, 0.29) is 6.61 Å². The van der Waals surface area contributed by atoms with Gasteiger partial charge in [-0.15, -0.1) is 0 Å². The molecular formula is C15H15BrN2O3. The van der Waals surface area contributed by atoms with E-state index in [1.165, 1.54) is 0 Å². The monoisotopic (exact) mass is 350 g/mol. The third-order valence-corrected chi connectivity index (χ3v) is 3.64. The highest BCUT2D eigenvalue weighted by molar-refractivity contribution is 9.10. The fourth-order valence-corrected chi connectivity index (χ4v) is 2.40. The highest BCUT2D eigenvalue weighted by Gasteiger charge is 2.23. The molecule has 0 aliphatic rings. The number of carbonyl (C=O) groups excluding carboxylic acids is 2. The van der Waals surface area contributed by atoms with Gasteiger partial charge >= 0.3 is 5.97 Å². The Morgan fingerprint density at radius 1 is 1.24 bits per heavy atom. The van der Waals surface area contributed by atoms with Crippen LogP contribution in [0, 0.1) is 0 Å². The summed E-state index contributed by atoms with van der Waals surface area (Å²) in [7, 11) is 0. The Bertz CT molecular complexity index is 688. The molecule has 0 aliphatic carbocycles. The lowest BCUT2D eigenvalue weighted by molar-refractivity contribution is -0.146. The first-order valence-electron chi connectivity index (χ1n) is 6.45. The Balaban J connectivity index is 2.26. The van der Waals surface area contributed by atoms with Crippen molar-refractivity contribution in [2.45, 2.75) is 13.0 Å². The van der Waals surface area contributed by atoms with Crippen molar-refractivity contribution in [3.63, 3.8) is 0 Å². The molecule has 2 rings (SSSR count). The first-order valence-corrected chi connectivity index (χ1v) is 7.24. The third kappa shape index (κ3) is 3.40. The molecule has 0 heterocycles. The number of benzene rings is 2. The van der Waals surface area contributed by atoms with Crippen LogP contribution in [0.5, 0.6) is 0 Å². The summed E-state index contributed by atoms with van der Waals surface area (Å²) in [6, 6.07) is 9.83. The molecule has 0 aromatic heterocycles. The lowest BCUT2D eigenvalue weighted by Crippen LogP contribution is -2.43. The molecule has 6 heteroatoms. The van der Waals surface area contributed by atoms with E-state index in [1.54, 1.807) is 13.0 Å². The lowest BCUT2D eigenvalue weighted by Gasteiger charge is -2.13. The molecular weight excluding hydrogens is 336 g/mol. The number of amides is 1. The summed E-state index contributed by atoms with van der Waals surface area (Å²) in [5.41, 5.74) is 6.17. The second-order valence-electron chi connectivity index (χ2n) is 4.36. The molecule has 0 fully saturated rings. The predicted octanol–water partition coefficient (Wildman–Crippen LogP) is 2.43. The average molecular weight is 351 g/mol. The van der Waals surface area contributed by atoms with Crippen LogP contribution in [0.4, 0.5) is 5.69 Å².